The summed E-state index contributed by atoms with van der Waals surface area (Å²) in [5.74, 6) is -2.54. The van der Waals surface area contributed by atoms with Crippen molar-refractivity contribution in [3.05, 3.63) is 11.1 Å². The fourth-order valence-electron chi connectivity index (χ4n) is 2.10. The predicted molar refractivity (Wildman–Crippen MR) is 38.7 cm³/mol. The van der Waals surface area contributed by atoms with E-state index in [9.17, 15) is 8.78 Å². The maximum absolute atomic E-state index is 13.2. The Hall–Kier alpha value is -0.440. The zero-order chi connectivity index (χ0) is 8.28. The van der Waals surface area contributed by atoms with Crippen LogP contribution in [0.2, 0.25) is 0 Å². The summed E-state index contributed by atoms with van der Waals surface area (Å²) in [6.45, 7) is 3.99. The lowest BCUT2D eigenvalue weighted by Gasteiger charge is -2.20. The van der Waals surface area contributed by atoms with Gasteiger partial charge in [0.1, 0.15) is 5.54 Å². The van der Waals surface area contributed by atoms with Gasteiger partial charge in [-0.25, -0.2) is 8.78 Å². The van der Waals surface area contributed by atoms with Crippen molar-refractivity contribution in [3.63, 3.8) is 0 Å². The Kier molecular flexibility index (Phi) is 1.09. The molecule has 0 aromatic rings. The van der Waals surface area contributed by atoms with Crippen LogP contribution in [0.3, 0.4) is 0 Å². The van der Waals surface area contributed by atoms with Crippen LogP contribution in [0.5, 0.6) is 0 Å². The average Bonchev–Trinajstić information content (AvgIpc) is 2.36. The van der Waals surface area contributed by atoms with Crippen molar-refractivity contribution < 1.29 is 8.78 Å². The fraction of sp³-hybridized carbons (Fsp3) is 0.750. The molecule has 0 bridgehead atoms. The molecule has 0 aromatic heterocycles. The van der Waals surface area contributed by atoms with Crippen LogP contribution in [0.4, 0.5) is 8.78 Å². The zero-order valence-corrected chi connectivity index (χ0v) is 6.67. The lowest BCUT2D eigenvalue weighted by atomic mass is 10.0. The first-order valence-electron chi connectivity index (χ1n) is 3.84. The second kappa shape index (κ2) is 1.66. The quantitative estimate of drug-likeness (QED) is 0.530. The first-order valence-corrected chi connectivity index (χ1v) is 3.84. The molecule has 3 heteroatoms. The van der Waals surface area contributed by atoms with E-state index in [1.807, 2.05) is 0 Å². The normalized spacial score (nSPS) is 31.6. The first-order chi connectivity index (χ1) is 5.02. The summed E-state index contributed by atoms with van der Waals surface area (Å²) in [4.78, 5) is 0. The largest absolute Gasteiger partial charge is 0.299 e. The Labute approximate surface area is 64.5 Å². The van der Waals surface area contributed by atoms with E-state index in [4.69, 9.17) is 0 Å². The highest BCUT2D eigenvalue weighted by Crippen LogP contribution is 2.56. The molecule has 2 rings (SSSR count). The summed E-state index contributed by atoms with van der Waals surface area (Å²) < 4.78 is 26.4. The van der Waals surface area contributed by atoms with Crippen LogP contribution in [0.25, 0.3) is 0 Å². The van der Waals surface area contributed by atoms with Crippen LogP contribution in [0.15, 0.2) is 11.1 Å². The molecule has 1 fully saturated rings. The highest BCUT2D eigenvalue weighted by atomic mass is 19.3. The lowest BCUT2D eigenvalue weighted by Crippen LogP contribution is -2.42. The number of nitrogens with one attached hydrogen (secondary N) is 1. The molecule has 1 aliphatic heterocycles. The van der Waals surface area contributed by atoms with Crippen LogP contribution < -0.4 is 5.32 Å². The van der Waals surface area contributed by atoms with E-state index in [-0.39, 0.29) is 6.42 Å². The second-order valence-electron chi connectivity index (χ2n) is 3.38. The van der Waals surface area contributed by atoms with Crippen LogP contribution >= 0.6 is 0 Å². The summed E-state index contributed by atoms with van der Waals surface area (Å²) in [6, 6.07) is 0. The molecule has 62 valence electrons. The topological polar surface area (TPSA) is 12.0 Å². The Morgan fingerprint density at radius 2 is 1.82 bits per heavy atom. The third-order valence-corrected chi connectivity index (χ3v) is 3.00. The van der Waals surface area contributed by atoms with Crippen molar-refractivity contribution >= 4 is 0 Å². The van der Waals surface area contributed by atoms with E-state index in [0.717, 1.165) is 11.1 Å². The zero-order valence-electron chi connectivity index (χ0n) is 6.67. The minimum Gasteiger partial charge on any atom is -0.299 e. The van der Waals surface area contributed by atoms with Gasteiger partial charge in [0.15, 0.2) is 0 Å². The molecule has 0 atom stereocenters. The summed E-state index contributed by atoms with van der Waals surface area (Å²) >= 11 is 0. The van der Waals surface area contributed by atoms with Crippen LogP contribution in [-0.4, -0.2) is 18.0 Å². The van der Waals surface area contributed by atoms with E-state index in [0.29, 0.717) is 6.54 Å². The number of rotatable bonds is 0. The number of hydrogen-bond donors (Lipinski definition) is 1. The van der Waals surface area contributed by atoms with Crippen LogP contribution in [0.1, 0.15) is 20.3 Å². The lowest BCUT2D eigenvalue weighted by molar-refractivity contribution is -0.0162. The molecule has 1 nitrogen and oxygen atoms in total. The monoisotopic (exact) mass is 159 g/mol. The molecule has 11 heavy (non-hydrogen) atoms. The third-order valence-electron chi connectivity index (χ3n) is 3.00. The first kappa shape index (κ1) is 7.22. The molecule has 1 spiro atoms. The maximum atomic E-state index is 13.2. The van der Waals surface area contributed by atoms with Crippen LogP contribution in [0, 0.1) is 0 Å². The van der Waals surface area contributed by atoms with Crippen molar-refractivity contribution in [3.8, 4) is 0 Å². The Morgan fingerprint density at radius 3 is 2.00 bits per heavy atom. The predicted octanol–water partition coefficient (Wildman–Crippen LogP) is 1.70. The molecular formula is C8H11F2N. The molecule has 2 aliphatic rings. The molecule has 0 saturated carbocycles. The van der Waals surface area contributed by atoms with Crippen LogP contribution in [-0.2, 0) is 0 Å². The van der Waals surface area contributed by atoms with E-state index < -0.39 is 11.5 Å². The molecule has 1 saturated heterocycles. The molecule has 0 amide bonds. The summed E-state index contributed by atoms with van der Waals surface area (Å²) in [6.07, 6.45) is -0.0261. The second-order valence-corrected chi connectivity index (χ2v) is 3.38. The molecule has 0 radical (unpaired) electrons. The highest BCUT2D eigenvalue weighted by molar-refractivity contribution is 5.57. The van der Waals surface area contributed by atoms with Gasteiger partial charge in [0.25, 0.3) is 5.92 Å². The summed E-state index contributed by atoms with van der Waals surface area (Å²) in [7, 11) is 0. The van der Waals surface area contributed by atoms with Crippen molar-refractivity contribution in [1.82, 2.24) is 5.32 Å². The smallest absolute Gasteiger partial charge is 0.274 e. The van der Waals surface area contributed by atoms with Crippen molar-refractivity contribution in [1.29, 1.82) is 0 Å². The fourth-order valence-corrected chi connectivity index (χ4v) is 2.10. The standard InChI is InChI=1S/C8H11F2N/c1-5-6(2)8(5)7(9,10)3-4-11-8/h11H,3-4H2,1-2H3. The SMILES string of the molecule is CC1=C(C)C12NCCC2(F)F. The maximum Gasteiger partial charge on any atom is 0.274 e. The van der Waals surface area contributed by atoms with Gasteiger partial charge in [-0.3, -0.25) is 5.32 Å². The van der Waals surface area contributed by atoms with Gasteiger partial charge in [0.05, 0.1) is 0 Å². The van der Waals surface area contributed by atoms with Crippen molar-refractivity contribution in [2.45, 2.75) is 31.7 Å². The Bertz CT molecular complexity index is 230. The summed E-state index contributed by atoms with van der Waals surface area (Å²) in [5.41, 5.74) is 0.674. The molecule has 1 heterocycles. The highest BCUT2D eigenvalue weighted by Gasteiger charge is 2.67. The molecule has 1 aliphatic carbocycles. The van der Waals surface area contributed by atoms with Gasteiger partial charge >= 0.3 is 0 Å². The number of alkyl halides is 2. The molecule has 1 N–H and O–H groups in total. The van der Waals surface area contributed by atoms with Gasteiger partial charge in [-0.2, -0.15) is 0 Å². The number of hydrogen-bond acceptors (Lipinski definition) is 1. The van der Waals surface area contributed by atoms with E-state index >= 15 is 0 Å². The van der Waals surface area contributed by atoms with Gasteiger partial charge in [0.2, 0.25) is 0 Å². The number of halogens is 2. The Balaban J connectivity index is 2.31. The average molecular weight is 159 g/mol. The van der Waals surface area contributed by atoms with E-state index in [1.165, 1.54) is 0 Å². The summed E-state index contributed by atoms with van der Waals surface area (Å²) in [5, 5.41) is 2.87. The van der Waals surface area contributed by atoms with Crippen molar-refractivity contribution in [2.75, 3.05) is 6.54 Å². The molecule has 0 aromatic carbocycles. The van der Waals surface area contributed by atoms with E-state index in [2.05, 4.69) is 5.32 Å². The van der Waals surface area contributed by atoms with Crippen molar-refractivity contribution in [2.24, 2.45) is 0 Å². The molecule has 0 unspecified atom stereocenters. The van der Waals surface area contributed by atoms with Gasteiger partial charge < -0.3 is 0 Å². The minimum absolute atomic E-state index is 0.0261. The van der Waals surface area contributed by atoms with Gasteiger partial charge in [-0.05, 0) is 25.0 Å². The van der Waals surface area contributed by atoms with Gasteiger partial charge in [-0.15, -0.1) is 0 Å². The van der Waals surface area contributed by atoms with Gasteiger partial charge in [0, 0.05) is 13.0 Å². The molecular weight excluding hydrogens is 148 g/mol. The minimum atomic E-state index is -2.54. The third kappa shape index (κ3) is 0.585. The van der Waals surface area contributed by atoms with Gasteiger partial charge in [-0.1, -0.05) is 0 Å². The Morgan fingerprint density at radius 1 is 1.27 bits per heavy atom. The van der Waals surface area contributed by atoms with E-state index in [1.54, 1.807) is 13.8 Å².